The molecule has 6 nitrogen and oxygen atoms in total. The lowest BCUT2D eigenvalue weighted by Crippen LogP contribution is -2.35. The van der Waals surface area contributed by atoms with Crippen molar-refractivity contribution in [2.24, 2.45) is 0 Å². The lowest BCUT2D eigenvalue weighted by Gasteiger charge is -2.32. The average Bonchev–Trinajstić information content (AvgIpc) is 3.27. The Morgan fingerprint density at radius 1 is 0.900 bits per heavy atom. The highest BCUT2D eigenvalue weighted by Crippen LogP contribution is 2.48. The van der Waals surface area contributed by atoms with E-state index < -0.39 is 6.04 Å². The van der Waals surface area contributed by atoms with Crippen LogP contribution >= 0.6 is 11.8 Å². The van der Waals surface area contributed by atoms with E-state index in [0.29, 0.717) is 5.82 Å². The second kappa shape index (κ2) is 7.42. The van der Waals surface area contributed by atoms with Gasteiger partial charge < -0.3 is 0 Å². The van der Waals surface area contributed by atoms with Gasteiger partial charge in [-0.15, -0.1) is 10.2 Å². The predicted molar refractivity (Wildman–Crippen MR) is 117 cm³/mol. The van der Waals surface area contributed by atoms with E-state index in [4.69, 9.17) is 0 Å². The highest BCUT2D eigenvalue weighted by Gasteiger charge is 2.32. The maximum absolute atomic E-state index is 13.6. The fourth-order valence-electron chi connectivity index (χ4n) is 3.44. The number of nitrogens with zero attached hydrogens (tertiary/aromatic N) is 5. The highest BCUT2D eigenvalue weighted by atomic mass is 32.2. The molecule has 0 spiro atoms. The van der Waals surface area contributed by atoms with Gasteiger partial charge in [-0.2, -0.15) is 4.80 Å². The van der Waals surface area contributed by atoms with Crippen molar-refractivity contribution in [2.45, 2.75) is 29.7 Å². The van der Waals surface area contributed by atoms with Crippen LogP contribution in [0.1, 0.15) is 18.5 Å². The third-order valence-electron chi connectivity index (χ3n) is 5.09. The van der Waals surface area contributed by atoms with Gasteiger partial charge in [0, 0.05) is 15.4 Å². The molecular weight excluding hydrogens is 394 g/mol. The van der Waals surface area contributed by atoms with E-state index in [0.717, 1.165) is 32.3 Å². The number of rotatable bonds is 3. The molecule has 3 aromatic carbocycles. The number of para-hydroxylation sites is 2. The largest absolute Gasteiger partial charge is 0.277 e. The van der Waals surface area contributed by atoms with Gasteiger partial charge in [-0.25, -0.2) is 0 Å². The minimum absolute atomic E-state index is 0.108. The smallest absolute Gasteiger partial charge is 0.258 e. The number of hydrogen-bond donors (Lipinski definition) is 0. The zero-order valence-electron chi connectivity index (χ0n) is 16.6. The maximum Gasteiger partial charge on any atom is 0.258 e. The summed E-state index contributed by atoms with van der Waals surface area (Å²) in [7, 11) is 0. The zero-order valence-corrected chi connectivity index (χ0v) is 17.4. The number of fused-ring (bicyclic) bond motifs is 2. The SMILES string of the molecule is Cc1ccc(-c2nnn(C(C)C(=O)N3c4ccccc4Sc4ccccc43)n2)cc1. The van der Waals surface area contributed by atoms with Crippen molar-refractivity contribution in [1.29, 1.82) is 0 Å². The lowest BCUT2D eigenvalue weighted by atomic mass is 10.1. The molecule has 1 aliphatic heterocycles. The van der Waals surface area contributed by atoms with Crippen LogP contribution in [0.5, 0.6) is 0 Å². The Morgan fingerprint density at radius 2 is 1.50 bits per heavy atom. The van der Waals surface area contributed by atoms with Gasteiger partial charge in [0.1, 0.15) is 6.04 Å². The van der Waals surface area contributed by atoms with Crippen LogP contribution in [0, 0.1) is 6.92 Å². The molecule has 1 aromatic heterocycles. The first-order valence-corrected chi connectivity index (χ1v) is 10.5. The second-order valence-electron chi connectivity index (χ2n) is 7.19. The molecule has 5 rings (SSSR count). The van der Waals surface area contributed by atoms with E-state index in [9.17, 15) is 4.79 Å². The standard InChI is InChI=1S/C23H19N5OS/c1-15-11-13-17(14-12-15)22-24-26-28(25-22)16(2)23(29)27-18-7-3-5-9-20(18)30-21-10-6-4-8-19(21)27/h3-14,16H,1-2H3. The van der Waals surface area contributed by atoms with E-state index in [2.05, 4.69) is 15.4 Å². The minimum Gasteiger partial charge on any atom is -0.277 e. The van der Waals surface area contributed by atoms with Crippen molar-refractivity contribution < 1.29 is 4.79 Å². The Balaban J connectivity index is 1.50. The predicted octanol–water partition coefficient (Wildman–Crippen LogP) is 5.04. The molecule has 148 valence electrons. The Kier molecular flexibility index (Phi) is 4.59. The van der Waals surface area contributed by atoms with Crippen LogP contribution in [-0.4, -0.2) is 26.1 Å². The third-order valence-corrected chi connectivity index (χ3v) is 6.22. The Labute approximate surface area is 178 Å². The van der Waals surface area contributed by atoms with Gasteiger partial charge in [0.2, 0.25) is 5.82 Å². The van der Waals surface area contributed by atoms with Gasteiger partial charge in [0.25, 0.3) is 5.91 Å². The van der Waals surface area contributed by atoms with Crippen molar-refractivity contribution in [3.8, 4) is 11.4 Å². The first-order chi connectivity index (χ1) is 14.6. The number of carbonyl (C=O) groups excluding carboxylic acids is 1. The molecule has 0 radical (unpaired) electrons. The molecule has 30 heavy (non-hydrogen) atoms. The highest BCUT2D eigenvalue weighted by molar-refractivity contribution is 7.99. The van der Waals surface area contributed by atoms with E-state index in [1.54, 1.807) is 23.6 Å². The first kappa shape index (κ1) is 18.6. The van der Waals surface area contributed by atoms with Crippen LogP contribution < -0.4 is 4.90 Å². The Morgan fingerprint density at radius 3 is 2.13 bits per heavy atom. The molecule has 0 fully saturated rings. The summed E-state index contributed by atoms with van der Waals surface area (Å²) in [6.07, 6.45) is 0. The Hall–Kier alpha value is -3.45. The van der Waals surface area contributed by atoms with E-state index in [1.165, 1.54) is 4.80 Å². The molecule has 1 atom stereocenters. The molecular formula is C23H19N5OS. The van der Waals surface area contributed by atoms with Crippen molar-refractivity contribution in [3.05, 3.63) is 78.4 Å². The molecule has 1 unspecified atom stereocenters. The number of aromatic nitrogens is 4. The third kappa shape index (κ3) is 3.17. The summed E-state index contributed by atoms with van der Waals surface area (Å²) in [6.45, 7) is 3.83. The number of anilines is 2. The van der Waals surface area contributed by atoms with Crippen LogP contribution in [-0.2, 0) is 4.79 Å². The van der Waals surface area contributed by atoms with Crippen LogP contribution in [0.3, 0.4) is 0 Å². The van der Waals surface area contributed by atoms with Crippen molar-refractivity contribution in [1.82, 2.24) is 20.2 Å². The summed E-state index contributed by atoms with van der Waals surface area (Å²) >= 11 is 1.67. The summed E-state index contributed by atoms with van der Waals surface area (Å²) in [4.78, 5) is 18.9. The van der Waals surface area contributed by atoms with E-state index >= 15 is 0 Å². The topological polar surface area (TPSA) is 63.9 Å². The number of aryl methyl sites for hydroxylation is 1. The fourth-order valence-corrected chi connectivity index (χ4v) is 4.49. The van der Waals surface area contributed by atoms with Crippen LogP contribution in [0.15, 0.2) is 82.6 Å². The van der Waals surface area contributed by atoms with Gasteiger partial charge in [0.05, 0.1) is 11.4 Å². The molecule has 0 N–H and O–H groups in total. The van der Waals surface area contributed by atoms with E-state index in [1.807, 2.05) is 79.7 Å². The van der Waals surface area contributed by atoms with Gasteiger partial charge in [-0.3, -0.25) is 9.69 Å². The second-order valence-corrected chi connectivity index (χ2v) is 8.27. The number of benzene rings is 3. The molecule has 1 amide bonds. The molecule has 0 saturated carbocycles. The van der Waals surface area contributed by atoms with Crippen molar-refractivity contribution in [3.63, 3.8) is 0 Å². The quantitative estimate of drug-likeness (QED) is 0.471. The van der Waals surface area contributed by atoms with Crippen LogP contribution in [0.25, 0.3) is 11.4 Å². The lowest BCUT2D eigenvalue weighted by molar-refractivity contribution is -0.121. The van der Waals surface area contributed by atoms with Crippen molar-refractivity contribution >= 4 is 29.0 Å². The first-order valence-electron chi connectivity index (χ1n) is 9.68. The molecule has 4 aromatic rings. The number of amides is 1. The molecule has 7 heteroatoms. The van der Waals surface area contributed by atoms with Crippen LogP contribution in [0.4, 0.5) is 11.4 Å². The molecule has 1 aliphatic rings. The van der Waals surface area contributed by atoms with Gasteiger partial charge in [-0.05, 0) is 43.3 Å². The van der Waals surface area contributed by atoms with E-state index in [-0.39, 0.29) is 5.91 Å². The summed E-state index contributed by atoms with van der Waals surface area (Å²) in [5.41, 5.74) is 3.78. The van der Waals surface area contributed by atoms with Gasteiger partial charge in [0.15, 0.2) is 0 Å². The average molecular weight is 414 g/mol. The summed E-state index contributed by atoms with van der Waals surface area (Å²) in [6, 6.07) is 23.2. The number of tetrazole rings is 1. The summed E-state index contributed by atoms with van der Waals surface area (Å²) in [5.74, 6) is 0.396. The normalized spacial score (nSPS) is 13.5. The summed E-state index contributed by atoms with van der Waals surface area (Å²) in [5, 5.41) is 12.8. The van der Waals surface area contributed by atoms with Gasteiger partial charge in [-0.1, -0.05) is 65.9 Å². The minimum atomic E-state index is -0.610. The fraction of sp³-hybridized carbons (Fsp3) is 0.130. The van der Waals surface area contributed by atoms with Crippen LogP contribution in [0.2, 0.25) is 0 Å². The molecule has 0 bridgehead atoms. The maximum atomic E-state index is 13.6. The van der Waals surface area contributed by atoms with Crippen molar-refractivity contribution in [2.75, 3.05) is 4.90 Å². The molecule has 0 saturated heterocycles. The zero-order chi connectivity index (χ0) is 20.7. The summed E-state index contributed by atoms with van der Waals surface area (Å²) < 4.78 is 0. The number of carbonyl (C=O) groups is 1. The Bertz CT molecular complexity index is 1190. The monoisotopic (exact) mass is 413 g/mol. The molecule has 2 heterocycles. The molecule has 0 aliphatic carbocycles. The number of hydrogen-bond acceptors (Lipinski definition) is 5. The van der Waals surface area contributed by atoms with Gasteiger partial charge >= 0.3 is 0 Å².